The summed E-state index contributed by atoms with van der Waals surface area (Å²) in [5.74, 6) is 0.181. The number of carbonyl (C=O) groups excluding carboxylic acids is 1. The van der Waals surface area contributed by atoms with Gasteiger partial charge in [-0.1, -0.05) is 47.7 Å². The van der Waals surface area contributed by atoms with E-state index in [1.54, 1.807) is 10.9 Å². The zero-order valence-electron chi connectivity index (χ0n) is 14.7. The van der Waals surface area contributed by atoms with Crippen LogP contribution in [0.5, 0.6) is 0 Å². The van der Waals surface area contributed by atoms with Crippen molar-refractivity contribution >= 4 is 34.4 Å². The molecule has 0 fully saturated rings. The fourth-order valence-corrected chi connectivity index (χ4v) is 3.43. The maximum atomic E-state index is 12.2. The highest BCUT2D eigenvalue weighted by Crippen LogP contribution is 2.26. The minimum absolute atomic E-state index is 0.0797. The lowest BCUT2D eigenvalue weighted by molar-refractivity contribution is -0.113. The van der Waals surface area contributed by atoms with Crippen LogP contribution in [0.2, 0.25) is 0 Å². The third-order valence-corrected chi connectivity index (χ3v) is 5.01. The monoisotopic (exact) mass is 375 g/mol. The van der Waals surface area contributed by atoms with Gasteiger partial charge in [-0.05, 0) is 31.2 Å². The number of para-hydroxylation sites is 1. The Bertz CT molecular complexity index is 1080. The summed E-state index contributed by atoms with van der Waals surface area (Å²) < 4.78 is 1.78. The fraction of sp³-hybridized carbons (Fsp3) is 0.100. The van der Waals surface area contributed by atoms with Crippen molar-refractivity contribution in [3.63, 3.8) is 0 Å². The number of hydrogen-bond acceptors (Lipinski definition) is 5. The molecule has 2 heterocycles. The Morgan fingerprint density at radius 2 is 1.85 bits per heavy atom. The van der Waals surface area contributed by atoms with Crippen molar-refractivity contribution in [2.24, 2.45) is 0 Å². The molecule has 4 rings (SSSR count). The molecule has 2 aromatic carbocycles. The Morgan fingerprint density at radius 1 is 1.07 bits per heavy atom. The van der Waals surface area contributed by atoms with E-state index < -0.39 is 0 Å². The molecular weight excluding hydrogens is 358 g/mol. The SMILES string of the molecule is Cc1ccc(-n2ncc3c(SCC(=O)Nc4ccccc4)ncnc32)cc1. The number of carbonyl (C=O) groups is 1. The molecule has 0 aliphatic carbocycles. The van der Waals surface area contributed by atoms with Gasteiger partial charge in [-0.25, -0.2) is 14.6 Å². The largest absolute Gasteiger partial charge is 0.325 e. The third-order valence-electron chi connectivity index (χ3n) is 4.01. The number of amides is 1. The zero-order chi connectivity index (χ0) is 18.6. The second kappa shape index (κ2) is 7.59. The predicted octanol–water partition coefficient (Wildman–Crippen LogP) is 3.85. The standard InChI is InChI=1S/C20H17N5OS/c1-14-7-9-16(10-8-14)25-19-17(11-23-25)20(22-13-21-19)27-12-18(26)24-15-5-3-2-4-6-15/h2-11,13H,12H2,1H3,(H,24,26). The molecule has 0 spiro atoms. The van der Waals surface area contributed by atoms with E-state index in [1.165, 1.54) is 23.7 Å². The highest BCUT2D eigenvalue weighted by Gasteiger charge is 2.13. The summed E-state index contributed by atoms with van der Waals surface area (Å²) in [7, 11) is 0. The molecule has 0 saturated carbocycles. The van der Waals surface area contributed by atoms with Gasteiger partial charge in [-0.15, -0.1) is 0 Å². The van der Waals surface area contributed by atoms with Crippen LogP contribution in [-0.2, 0) is 4.79 Å². The van der Waals surface area contributed by atoms with E-state index in [9.17, 15) is 4.79 Å². The average Bonchev–Trinajstić information content (AvgIpc) is 3.12. The highest BCUT2D eigenvalue weighted by atomic mass is 32.2. The van der Waals surface area contributed by atoms with Gasteiger partial charge in [0.2, 0.25) is 5.91 Å². The first-order valence-corrected chi connectivity index (χ1v) is 9.43. The van der Waals surface area contributed by atoms with Gasteiger partial charge in [0.15, 0.2) is 5.65 Å². The van der Waals surface area contributed by atoms with E-state index in [2.05, 4.69) is 20.4 Å². The summed E-state index contributed by atoms with van der Waals surface area (Å²) in [6.45, 7) is 2.04. The molecule has 0 saturated heterocycles. The Kier molecular flexibility index (Phi) is 4.84. The Labute approximate surface area is 160 Å². The van der Waals surface area contributed by atoms with Crippen molar-refractivity contribution in [3.8, 4) is 5.69 Å². The Hall–Kier alpha value is -3.19. The van der Waals surface area contributed by atoms with E-state index in [1.807, 2.05) is 61.5 Å². The van der Waals surface area contributed by atoms with Gasteiger partial charge >= 0.3 is 0 Å². The Morgan fingerprint density at radius 3 is 2.63 bits per heavy atom. The van der Waals surface area contributed by atoms with Gasteiger partial charge in [0, 0.05) is 5.69 Å². The van der Waals surface area contributed by atoms with Crippen LogP contribution in [0.1, 0.15) is 5.56 Å². The molecule has 4 aromatic rings. The second-order valence-electron chi connectivity index (χ2n) is 6.01. The minimum atomic E-state index is -0.0797. The number of rotatable bonds is 5. The van der Waals surface area contributed by atoms with E-state index >= 15 is 0 Å². The number of hydrogen-bond donors (Lipinski definition) is 1. The quantitative estimate of drug-likeness (QED) is 0.424. The van der Waals surface area contributed by atoms with Crippen LogP contribution in [0, 0.1) is 6.92 Å². The van der Waals surface area contributed by atoms with Crippen molar-refractivity contribution < 1.29 is 4.79 Å². The van der Waals surface area contributed by atoms with Crippen LogP contribution in [0.4, 0.5) is 5.69 Å². The van der Waals surface area contributed by atoms with Gasteiger partial charge in [0.05, 0.1) is 23.0 Å². The van der Waals surface area contributed by atoms with E-state index in [-0.39, 0.29) is 11.7 Å². The number of benzene rings is 2. The first-order chi connectivity index (χ1) is 13.2. The highest BCUT2D eigenvalue weighted by molar-refractivity contribution is 8.00. The van der Waals surface area contributed by atoms with Crippen LogP contribution in [0.25, 0.3) is 16.7 Å². The van der Waals surface area contributed by atoms with Gasteiger partial charge in [-0.2, -0.15) is 5.10 Å². The molecule has 2 aromatic heterocycles. The summed E-state index contributed by atoms with van der Waals surface area (Å²) in [6.07, 6.45) is 3.25. The van der Waals surface area contributed by atoms with Crippen LogP contribution < -0.4 is 5.32 Å². The normalized spacial score (nSPS) is 10.9. The minimum Gasteiger partial charge on any atom is -0.325 e. The lowest BCUT2D eigenvalue weighted by Gasteiger charge is -2.06. The van der Waals surface area contributed by atoms with Crippen molar-refractivity contribution in [2.45, 2.75) is 11.9 Å². The van der Waals surface area contributed by atoms with Crippen molar-refractivity contribution in [2.75, 3.05) is 11.1 Å². The molecule has 1 N–H and O–H groups in total. The number of nitrogens with one attached hydrogen (secondary N) is 1. The summed E-state index contributed by atoms with van der Waals surface area (Å²) in [6, 6.07) is 17.5. The van der Waals surface area contributed by atoms with Crippen LogP contribution >= 0.6 is 11.8 Å². The molecule has 134 valence electrons. The van der Waals surface area contributed by atoms with E-state index in [0.717, 1.165) is 27.4 Å². The second-order valence-corrected chi connectivity index (χ2v) is 6.97. The van der Waals surface area contributed by atoms with E-state index in [0.29, 0.717) is 0 Å². The maximum Gasteiger partial charge on any atom is 0.234 e. The summed E-state index contributed by atoms with van der Waals surface area (Å²) in [5, 5.41) is 8.89. The summed E-state index contributed by atoms with van der Waals surface area (Å²) in [4.78, 5) is 20.9. The summed E-state index contributed by atoms with van der Waals surface area (Å²) >= 11 is 1.37. The number of thioether (sulfide) groups is 1. The molecule has 1 amide bonds. The number of aryl methyl sites for hydroxylation is 1. The lowest BCUT2D eigenvalue weighted by Crippen LogP contribution is -2.14. The molecule has 6 nitrogen and oxygen atoms in total. The van der Waals surface area contributed by atoms with Crippen molar-refractivity contribution in [1.29, 1.82) is 0 Å². The molecule has 0 atom stereocenters. The van der Waals surface area contributed by atoms with Gasteiger partial charge in [0.25, 0.3) is 0 Å². The molecule has 0 radical (unpaired) electrons. The lowest BCUT2D eigenvalue weighted by atomic mass is 10.2. The average molecular weight is 375 g/mol. The molecule has 0 unspecified atom stereocenters. The zero-order valence-corrected chi connectivity index (χ0v) is 15.5. The molecular formula is C20H17N5OS. The fourth-order valence-electron chi connectivity index (χ4n) is 2.67. The third kappa shape index (κ3) is 3.83. The van der Waals surface area contributed by atoms with Gasteiger partial charge < -0.3 is 5.32 Å². The number of nitrogens with zero attached hydrogens (tertiary/aromatic N) is 4. The van der Waals surface area contributed by atoms with Crippen molar-refractivity contribution in [1.82, 2.24) is 19.7 Å². The maximum absolute atomic E-state index is 12.2. The molecule has 27 heavy (non-hydrogen) atoms. The Balaban J connectivity index is 1.53. The molecule has 0 aliphatic rings. The summed E-state index contributed by atoms with van der Waals surface area (Å²) in [5.41, 5.74) is 3.63. The topological polar surface area (TPSA) is 72.7 Å². The molecule has 0 bridgehead atoms. The van der Waals surface area contributed by atoms with Crippen LogP contribution in [-0.4, -0.2) is 31.4 Å². The first-order valence-electron chi connectivity index (χ1n) is 8.44. The van der Waals surface area contributed by atoms with Crippen molar-refractivity contribution in [3.05, 3.63) is 72.7 Å². The van der Waals surface area contributed by atoms with Crippen LogP contribution in [0.3, 0.4) is 0 Å². The number of fused-ring (bicyclic) bond motifs is 1. The van der Waals surface area contributed by atoms with Gasteiger partial charge in [-0.3, -0.25) is 4.79 Å². The van der Waals surface area contributed by atoms with Crippen LogP contribution in [0.15, 0.2) is 72.1 Å². The first kappa shape index (κ1) is 17.2. The number of anilines is 1. The number of aromatic nitrogens is 4. The molecule has 7 heteroatoms. The predicted molar refractivity (Wildman–Crippen MR) is 107 cm³/mol. The molecule has 0 aliphatic heterocycles. The smallest absolute Gasteiger partial charge is 0.234 e. The van der Waals surface area contributed by atoms with Gasteiger partial charge in [0.1, 0.15) is 11.4 Å². The van der Waals surface area contributed by atoms with E-state index in [4.69, 9.17) is 0 Å².